The van der Waals surface area contributed by atoms with Crippen LogP contribution >= 0.6 is 0 Å². The molecular weight excluding hydrogens is 321 g/mol. The number of fused-ring (bicyclic) bond motifs is 1. The number of aliphatic carboxylic acids is 1. The van der Waals surface area contributed by atoms with Gasteiger partial charge in [0, 0.05) is 6.54 Å². The van der Waals surface area contributed by atoms with E-state index in [4.69, 9.17) is 0 Å². The van der Waals surface area contributed by atoms with Gasteiger partial charge in [0.25, 0.3) is 10.0 Å². The van der Waals surface area contributed by atoms with E-state index in [1.807, 2.05) is 0 Å². The first kappa shape index (κ1) is 15.5. The van der Waals surface area contributed by atoms with E-state index in [2.05, 4.69) is 0 Å². The van der Waals surface area contributed by atoms with Gasteiger partial charge < -0.3 is 5.11 Å². The van der Waals surface area contributed by atoms with Crippen molar-refractivity contribution >= 4 is 21.7 Å². The molecule has 0 radical (unpaired) electrons. The topological polar surface area (TPSA) is 74.7 Å². The highest BCUT2D eigenvalue weighted by Crippen LogP contribution is 2.34. The summed E-state index contributed by atoms with van der Waals surface area (Å²) < 4.78 is 39.8. The predicted octanol–water partition coefficient (Wildman–Crippen LogP) is 2.28. The number of hydrogen-bond acceptors (Lipinski definition) is 3. The van der Waals surface area contributed by atoms with Crippen LogP contribution in [0.2, 0.25) is 0 Å². The maximum atomic E-state index is 13.0. The Bertz CT molecular complexity index is 849. The quantitative estimate of drug-likeness (QED) is 0.934. The Morgan fingerprint density at radius 2 is 1.78 bits per heavy atom. The lowest BCUT2D eigenvalue weighted by Crippen LogP contribution is -2.42. The van der Waals surface area contributed by atoms with Crippen molar-refractivity contribution in [1.82, 2.24) is 0 Å². The van der Waals surface area contributed by atoms with Crippen molar-refractivity contribution in [2.45, 2.75) is 11.3 Å². The van der Waals surface area contributed by atoms with Crippen LogP contribution in [0, 0.1) is 11.7 Å². The summed E-state index contributed by atoms with van der Waals surface area (Å²) in [6.45, 7) is -0.147. The fraction of sp³-hybridized carbons (Fsp3) is 0.188. The average molecular weight is 335 g/mol. The van der Waals surface area contributed by atoms with Crippen LogP contribution in [0.15, 0.2) is 53.4 Å². The number of hydrogen-bond donors (Lipinski definition) is 1. The number of carbonyl (C=O) groups is 1. The van der Waals surface area contributed by atoms with Crippen molar-refractivity contribution in [2.75, 3.05) is 10.8 Å². The Morgan fingerprint density at radius 3 is 2.43 bits per heavy atom. The van der Waals surface area contributed by atoms with Gasteiger partial charge >= 0.3 is 5.97 Å². The SMILES string of the molecule is O=C(O)C1Cc2ccccc2N(S(=O)(=O)c2ccc(F)cc2)C1. The maximum Gasteiger partial charge on any atom is 0.308 e. The van der Waals surface area contributed by atoms with Crippen molar-refractivity contribution in [3.8, 4) is 0 Å². The van der Waals surface area contributed by atoms with Gasteiger partial charge in [-0.1, -0.05) is 18.2 Å². The van der Waals surface area contributed by atoms with Crippen molar-refractivity contribution < 1.29 is 22.7 Å². The minimum Gasteiger partial charge on any atom is -0.481 e. The van der Waals surface area contributed by atoms with E-state index in [0.29, 0.717) is 11.3 Å². The number of halogens is 1. The molecule has 1 N–H and O–H groups in total. The van der Waals surface area contributed by atoms with Gasteiger partial charge in [0.15, 0.2) is 0 Å². The number of benzene rings is 2. The number of nitrogens with zero attached hydrogens (tertiary/aromatic N) is 1. The zero-order valence-corrected chi connectivity index (χ0v) is 12.8. The van der Waals surface area contributed by atoms with E-state index in [1.165, 1.54) is 12.1 Å². The zero-order chi connectivity index (χ0) is 16.6. The second kappa shape index (κ2) is 5.66. The summed E-state index contributed by atoms with van der Waals surface area (Å²) in [7, 11) is -3.96. The minimum absolute atomic E-state index is 0.0697. The van der Waals surface area contributed by atoms with E-state index in [0.717, 1.165) is 16.4 Å². The smallest absolute Gasteiger partial charge is 0.308 e. The molecule has 23 heavy (non-hydrogen) atoms. The first-order chi connectivity index (χ1) is 10.9. The van der Waals surface area contributed by atoms with Gasteiger partial charge in [0.05, 0.1) is 16.5 Å². The van der Waals surface area contributed by atoms with E-state index in [-0.39, 0.29) is 17.9 Å². The summed E-state index contributed by atoms with van der Waals surface area (Å²) in [6.07, 6.45) is 0.279. The predicted molar refractivity (Wildman–Crippen MR) is 82.2 cm³/mol. The first-order valence-corrected chi connectivity index (χ1v) is 8.42. The zero-order valence-electron chi connectivity index (χ0n) is 12.0. The molecule has 1 aliphatic rings. The Labute approximate surface area is 133 Å². The molecule has 7 heteroatoms. The summed E-state index contributed by atoms with van der Waals surface area (Å²) in [5.41, 5.74) is 1.13. The molecule has 1 unspecified atom stereocenters. The lowest BCUT2D eigenvalue weighted by atomic mass is 9.94. The van der Waals surface area contributed by atoms with Crippen LogP contribution < -0.4 is 4.31 Å². The van der Waals surface area contributed by atoms with Gasteiger partial charge in [-0.05, 0) is 42.3 Å². The molecule has 1 atom stereocenters. The minimum atomic E-state index is -3.96. The van der Waals surface area contributed by atoms with E-state index < -0.39 is 27.7 Å². The highest BCUT2D eigenvalue weighted by atomic mass is 32.2. The normalized spacial score (nSPS) is 17.6. The lowest BCUT2D eigenvalue weighted by Gasteiger charge is -2.33. The highest BCUT2D eigenvalue weighted by Gasteiger charge is 2.35. The largest absolute Gasteiger partial charge is 0.481 e. The second-order valence-electron chi connectivity index (χ2n) is 5.36. The Hall–Kier alpha value is -2.41. The van der Waals surface area contributed by atoms with E-state index >= 15 is 0 Å². The van der Waals surface area contributed by atoms with Crippen LogP contribution in [0.3, 0.4) is 0 Å². The molecule has 1 heterocycles. The molecule has 0 saturated heterocycles. The molecular formula is C16H14FNO4S. The second-order valence-corrected chi connectivity index (χ2v) is 7.22. The molecule has 5 nitrogen and oxygen atoms in total. The first-order valence-electron chi connectivity index (χ1n) is 6.98. The third kappa shape index (κ3) is 2.79. The average Bonchev–Trinajstić information content (AvgIpc) is 2.54. The third-order valence-electron chi connectivity index (χ3n) is 3.86. The van der Waals surface area contributed by atoms with E-state index in [9.17, 15) is 22.7 Å². The number of sulfonamides is 1. The third-order valence-corrected chi connectivity index (χ3v) is 5.66. The van der Waals surface area contributed by atoms with Crippen molar-refractivity contribution in [3.05, 3.63) is 59.9 Å². The Balaban J connectivity index is 2.10. The molecule has 0 amide bonds. The molecule has 0 aliphatic carbocycles. The number of rotatable bonds is 3. The number of carboxylic acids is 1. The molecule has 120 valence electrons. The van der Waals surface area contributed by atoms with Crippen molar-refractivity contribution in [1.29, 1.82) is 0 Å². The molecule has 0 aromatic heterocycles. The molecule has 2 aromatic rings. The summed E-state index contributed by atoms with van der Waals surface area (Å²) in [4.78, 5) is 11.3. The van der Waals surface area contributed by atoms with Gasteiger partial charge in [-0.15, -0.1) is 0 Å². The van der Waals surface area contributed by atoms with Gasteiger partial charge in [-0.2, -0.15) is 0 Å². The van der Waals surface area contributed by atoms with Crippen molar-refractivity contribution in [3.63, 3.8) is 0 Å². The fourth-order valence-electron chi connectivity index (χ4n) is 2.68. The summed E-state index contributed by atoms with van der Waals surface area (Å²) in [5, 5.41) is 9.28. The monoisotopic (exact) mass is 335 g/mol. The summed E-state index contributed by atoms with van der Waals surface area (Å²) >= 11 is 0. The number of carboxylic acid groups (broad SMARTS) is 1. The number of anilines is 1. The molecule has 2 aromatic carbocycles. The van der Waals surface area contributed by atoms with Crippen LogP contribution in [0.5, 0.6) is 0 Å². The van der Waals surface area contributed by atoms with Gasteiger partial charge in [0.1, 0.15) is 5.82 Å². The molecule has 0 saturated carbocycles. The maximum absolute atomic E-state index is 13.0. The van der Waals surface area contributed by atoms with E-state index in [1.54, 1.807) is 24.3 Å². The number of para-hydroxylation sites is 1. The lowest BCUT2D eigenvalue weighted by molar-refractivity contribution is -0.141. The van der Waals surface area contributed by atoms with Crippen molar-refractivity contribution in [2.24, 2.45) is 5.92 Å². The Kier molecular flexibility index (Phi) is 3.81. The van der Waals surface area contributed by atoms with Crippen LogP contribution in [-0.4, -0.2) is 26.0 Å². The molecule has 0 bridgehead atoms. The van der Waals surface area contributed by atoms with Gasteiger partial charge in [0.2, 0.25) is 0 Å². The molecule has 0 fully saturated rings. The standard InChI is InChI=1S/C16H14FNO4S/c17-13-5-7-14(8-6-13)23(21,22)18-10-12(16(19)20)9-11-3-1-2-4-15(11)18/h1-8,12H,9-10H2,(H,19,20). The fourth-order valence-corrected chi connectivity index (χ4v) is 4.23. The van der Waals surface area contributed by atoms with Gasteiger partial charge in [-0.25, -0.2) is 12.8 Å². The van der Waals surface area contributed by atoms with Crippen LogP contribution in [0.1, 0.15) is 5.56 Å². The molecule has 3 rings (SSSR count). The Morgan fingerprint density at radius 1 is 1.13 bits per heavy atom. The van der Waals surface area contributed by atoms with Crippen LogP contribution in [0.4, 0.5) is 10.1 Å². The van der Waals surface area contributed by atoms with Crippen LogP contribution in [-0.2, 0) is 21.2 Å². The molecule has 0 spiro atoms. The highest BCUT2D eigenvalue weighted by molar-refractivity contribution is 7.92. The van der Waals surface area contributed by atoms with Crippen LogP contribution in [0.25, 0.3) is 0 Å². The summed E-state index contributed by atoms with van der Waals surface area (Å²) in [5.74, 6) is -2.40. The van der Waals surface area contributed by atoms with Gasteiger partial charge in [-0.3, -0.25) is 9.10 Å². The molecule has 1 aliphatic heterocycles. The summed E-state index contributed by atoms with van der Waals surface area (Å²) in [6, 6.07) is 11.3.